The lowest BCUT2D eigenvalue weighted by Crippen LogP contribution is -2.27. The van der Waals surface area contributed by atoms with Crippen LogP contribution in [0.2, 0.25) is 0 Å². The quantitative estimate of drug-likeness (QED) is 0.810. The monoisotopic (exact) mass is 288 g/mol. The highest BCUT2D eigenvalue weighted by atomic mass is 16.5. The third-order valence-corrected chi connectivity index (χ3v) is 3.23. The van der Waals surface area contributed by atoms with Crippen molar-refractivity contribution in [1.82, 2.24) is 20.5 Å². The molecule has 0 fully saturated rings. The number of hydrogen-bond acceptors (Lipinski definition) is 4. The Morgan fingerprint density at radius 1 is 1.33 bits per heavy atom. The van der Waals surface area contributed by atoms with Crippen LogP contribution in [-0.4, -0.2) is 34.2 Å². The van der Waals surface area contributed by atoms with E-state index in [0.29, 0.717) is 26.0 Å². The Balaban J connectivity index is 1.63. The van der Waals surface area contributed by atoms with Gasteiger partial charge in [0.05, 0.1) is 13.0 Å². The summed E-state index contributed by atoms with van der Waals surface area (Å²) in [5, 5.41) is 9.32. The van der Waals surface area contributed by atoms with Crippen LogP contribution in [-0.2, 0) is 11.2 Å². The van der Waals surface area contributed by atoms with E-state index in [0.717, 1.165) is 11.6 Å². The second-order valence-corrected chi connectivity index (χ2v) is 4.88. The number of aryl methyl sites for hydroxylation is 2. The van der Waals surface area contributed by atoms with Gasteiger partial charge in [0.25, 0.3) is 0 Å². The molecule has 0 radical (unpaired) electrons. The van der Waals surface area contributed by atoms with E-state index in [-0.39, 0.29) is 5.91 Å². The van der Waals surface area contributed by atoms with Crippen LogP contribution in [0.25, 0.3) is 0 Å². The standard InChI is InChI=1S/C15H20N4O2/c1-11-3-4-13(9-12(11)2)21-8-6-15(20)16-7-5-14-17-10-18-19-14/h3-4,9-10H,5-8H2,1-2H3,(H,16,20)(H,17,18,19). The van der Waals surface area contributed by atoms with Crippen LogP contribution < -0.4 is 10.1 Å². The Kier molecular flexibility index (Phi) is 5.31. The van der Waals surface area contributed by atoms with Gasteiger partial charge in [-0.15, -0.1) is 0 Å². The second-order valence-electron chi connectivity index (χ2n) is 4.88. The molecule has 0 atom stereocenters. The molecule has 2 rings (SSSR count). The molecule has 0 aliphatic rings. The maximum Gasteiger partial charge on any atom is 0.223 e. The summed E-state index contributed by atoms with van der Waals surface area (Å²) < 4.78 is 5.58. The molecule has 2 N–H and O–H groups in total. The van der Waals surface area contributed by atoms with Crippen molar-refractivity contribution in [1.29, 1.82) is 0 Å². The molecule has 1 heterocycles. The van der Waals surface area contributed by atoms with Crippen molar-refractivity contribution in [3.05, 3.63) is 41.5 Å². The number of nitrogens with one attached hydrogen (secondary N) is 2. The number of hydrogen-bond donors (Lipinski definition) is 2. The Bertz CT molecular complexity index is 581. The minimum atomic E-state index is -0.0293. The Labute approximate surface area is 123 Å². The summed E-state index contributed by atoms with van der Waals surface area (Å²) in [6.45, 7) is 5.01. The third kappa shape index (κ3) is 4.91. The zero-order valence-electron chi connectivity index (χ0n) is 12.3. The van der Waals surface area contributed by atoms with Crippen LogP contribution in [0.5, 0.6) is 5.75 Å². The molecular weight excluding hydrogens is 268 g/mol. The van der Waals surface area contributed by atoms with Crippen molar-refractivity contribution in [3.8, 4) is 5.75 Å². The minimum absolute atomic E-state index is 0.0293. The number of rotatable bonds is 7. The molecule has 0 saturated heterocycles. The number of carbonyl (C=O) groups is 1. The van der Waals surface area contributed by atoms with Gasteiger partial charge in [0.15, 0.2) is 0 Å². The normalized spacial score (nSPS) is 10.4. The van der Waals surface area contributed by atoms with Gasteiger partial charge in [0.1, 0.15) is 17.9 Å². The number of nitrogens with zero attached hydrogens (tertiary/aromatic N) is 2. The molecule has 1 aromatic heterocycles. The fourth-order valence-electron chi connectivity index (χ4n) is 1.83. The zero-order valence-corrected chi connectivity index (χ0v) is 12.3. The Morgan fingerprint density at radius 2 is 2.19 bits per heavy atom. The average Bonchev–Trinajstić information content (AvgIpc) is 2.96. The maximum atomic E-state index is 11.6. The van der Waals surface area contributed by atoms with Gasteiger partial charge in [0.2, 0.25) is 5.91 Å². The molecule has 0 unspecified atom stereocenters. The van der Waals surface area contributed by atoms with E-state index in [1.165, 1.54) is 17.5 Å². The molecule has 0 aliphatic heterocycles. The van der Waals surface area contributed by atoms with Gasteiger partial charge in [-0.1, -0.05) is 6.07 Å². The fourth-order valence-corrected chi connectivity index (χ4v) is 1.83. The van der Waals surface area contributed by atoms with Crippen molar-refractivity contribution in [2.24, 2.45) is 0 Å². The molecule has 0 bridgehead atoms. The van der Waals surface area contributed by atoms with E-state index in [4.69, 9.17) is 4.74 Å². The van der Waals surface area contributed by atoms with Gasteiger partial charge in [-0.2, -0.15) is 5.10 Å². The van der Waals surface area contributed by atoms with Gasteiger partial charge in [-0.25, -0.2) is 4.98 Å². The molecule has 6 heteroatoms. The summed E-state index contributed by atoms with van der Waals surface area (Å²) in [5.74, 6) is 1.53. The van der Waals surface area contributed by atoms with E-state index < -0.39 is 0 Å². The van der Waals surface area contributed by atoms with Crippen molar-refractivity contribution in [2.75, 3.05) is 13.2 Å². The molecule has 1 amide bonds. The van der Waals surface area contributed by atoms with E-state index >= 15 is 0 Å². The molecule has 0 saturated carbocycles. The molecule has 0 spiro atoms. The summed E-state index contributed by atoms with van der Waals surface area (Å²) in [7, 11) is 0. The van der Waals surface area contributed by atoms with E-state index in [1.807, 2.05) is 25.1 Å². The smallest absolute Gasteiger partial charge is 0.223 e. The molecule has 21 heavy (non-hydrogen) atoms. The van der Waals surface area contributed by atoms with Crippen molar-refractivity contribution >= 4 is 5.91 Å². The number of aromatic amines is 1. The Hall–Kier alpha value is -2.37. The number of carbonyl (C=O) groups excluding carboxylic acids is 1. The SMILES string of the molecule is Cc1ccc(OCCC(=O)NCCc2ncn[nH]2)cc1C. The number of aromatic nitrogens is 3. The summed E-state index contributed by atoms with van der Waals surface area (Å²) in [6.07, 6.45) is 2.43. The molecule has 2 aromatic rings. The summed E-state index contributed by atoms with van der Waals surface area (Å²) >= 11 is 0. The summed E-state index contributed by atoms with van der Waals surface area (Å²) in [4.78, 5) is 15.6. The lowest BCUT2D eigenvalue weighted by Gasteiger charge is -2.08. The van der Waals surface area contributed by atoms with Crippen LogP contribution in [0.4, 0.5) is 0 Å². The maximum absolute atomic E-state index is 11.6. The van der Waals surface area contributed by atoms with Crippen LogP contribution in [0.1, 0.15) is 23.4 Å². The third-order valence-electron chi connectivity index (χ3n) is 3.23. The fraction of sp³-hybridized carbons (Fsp3) is 0.400. The summed E-state index contributed by atoms with van der Waals surface area (Å²) in [6, 6.07) is 5.92. The van der Waals surface area contributed by atoms with Crippen LogP contribution in [0.15, 0.2) is 24.5 Å². The van der Waals surface area contributed by atoms with Gasteiger partial charge >= 0.3 is 0 Å². The van der Waals surface area contributed by atoms with Crippen molar-refractivity contribution < 1.29 is 9.53 Å². The van der Waals surface area contributed by atoms with Crippen LogP contribution >= 0.6 is 0 Å². The lowest BCUT2D eigenvalue weighted by molar-refractivity contribution is -0.121. The number of benzene rings is 1. The predicted molar refractivity (Wildman–Crippen MR) is 79.1 cm³/mol. The molecular formula is C15H20N4O2. The zero-order chi connectivity index (χ0) is 15.1. The van der Waals surface area contributed by atoms with Crippen LogP contribution in [0, 0.1) is 13.8 Å². The second kappa shape index (κ2) is 7.42. The topological polar surface area (TPSA) is 79.9 Å². The first-order chi connectivity index (χ1) is 10.1. The first kappa shape index (κ1) is 15.0. The van der Waals surface area contributed by atoms with Gasteiger partial charge in [0, 0.05) is 13.0 Å². The highest BCUT2D eigenvalue weighted by Crippen LogP contribution is 2.16. The molecule has 112 valence electrons. The lowest BCUT2D eigenvalue weighted by atomic mass is 10.1. The number of ether oxygens (including phenoxy) is 1. The average molecular weight is 288 g/mol. The van der Waals surface area contributed by atoms with E-state index in [9.17, 15) is 4.79 Å². The van der Waals surface area contributed by atoms with Gasteiger partial charge in [-0.05, 0) is 37.1 Å². The summed E-state index contributed by atoms with van der Waals surface area (Å²) in [5.41, 5.74) is 2.41. The number of H-pyrrole nitrogens is 1. The van der Waals surface area contributed by atoms with Crippen molar-refractivity contribution in [3.63, 3.8) is 0 Å². The largest absolute Gasteiger partial charge is 0.493 e. The van der Waals surface area contributed by atoms with Gasteiger partial charge < -0.3 is 10.1 Å². The first-order valence-corrected chi connectivity index (χ1v) is 6.96. The van der Waals surface area contributed by atoms with E-state index in [1.54, 1.807) is 0 Å². The van der Waals surface area contributed by atoms with Crippen molar-refractivity contribution in [2.45, 2.75) is 26.7 Å². The number of amides is 1. The molecule has 1 aromatic carbocycles. The van der Waals surface area contributed by atoms with E-state index in [2.05, 4.69) is 27.4 Å². The highest BCUT2D eigenvalue weighted by molar-refractivity contribution is 5.75. The van der Waals surface area contributed by atoms with Crippen LogP contribution in [0.3, 0.4) is 0 Å². The highest BCUT2D eigenvalue weighted by Gasteiger charge is 2.03. The molecule has 0 aliphatic carbocycles. The predicted octanol–water partition coefficient (Wildman–Crippen LogP) is 1.55. The first-order valence-electron chi connectivity index (χ1n) is 6.96. The minimum Gasteiger partial charge on any atom is -0.493 e. The Morgan fingerprint density at radius 3 is 2.90 bits per heavy atom. The molecule has 6 nitrogen and oxygen atoms in total. The van der Waals surface area contributed by atoms with Gasteiger partial charge in [-0.3, -0.25) is 9.89 Å².